The monoisotopic (exact) mass is 552 g/mol. The maximum absolute atomic E-state index is 12.2. The van der Waals surface area contributed by atoms with Crippen LogP contribution in [0.15, 0.2) is 85.2 Å². The lowest BCUT2D eigenvalue weighted by Crippen LogP contribution is -2.48. The third kappa shape index (κ3) is 6.12. The van der Waals surface area contributed by atoms with Crippen molar-refractivity contribution in [2.45, 2.75) is 6.04 Å². The topological polar surface area (TPSA) is 123 Å². The van der Waals surface area contributed by atoms with Gasteiger partial charge >= 0.3 is 11.9 Å². The number of rotatable bonds is 8. The van der Waals surface area contributed by atoms with Gasteiger partial charge in [-0.05, 0) is 29.3 Å². The van der Waals surface area contributed by atoms with Crippen LogP contribution in [0.2, 0.25) is 0 Å². The minimum atomic E-state index is -0.586. The summed E-state index contributed by atoms with van der Waals surface area (Å²) in [5.41, 5.74) is 10.2. The molecule has 0 unspecified atom stereocenters. The zero-order chi connectivity index (χ0) is 28.8. The second-order valence-electron chi connectivity index (χ2n) is 9.61. The van der Waals surface area contributed by atoms with Crippen molar-refractivity contribution in [3.05, 3.63) is 107 Å². The minimum absolute atomic E-state index is 0.144. The van der Waals surface area contributed by atoms with Gasteiger partial charge in [-0.15, -0.1) is 0 Å². The van der Waals surface area contributed by atoms with Gasteiger partial charge in [-0.1, -0.05) is 60.7 Å². The number of carbonyl (C=O) groups excluding carboxylic acids is 2. The Morgan fingerprint density at radius 2 is 1.34 bits per heavy atom. The Bertz CT molecular complexity index is 1430. The fraction of sp³-hybridized carbons (Fsp3) is 0.226. The number of carbonyl (C=O) groups is 2. The van der Waals surface area contributed by atoms with E-state index in [2.05, 4.69) is 73.6 Å². The number of nitrogens with one attached hydrogen (secondary N) is 1. The predicted molar refractivity (Wildman–Crippen MR) is 157 cm³/mol. The first kappa shape index (κ1) is 27.6. The van der Waals surface area contributed by atoms with E-state index in [1.165, 1.54) is 37.7 Å². The summed E-state index contributed by atoms with van der Waals surface area (Å²) in [5, 5.41) is 3.13. The maximum atomic E-state index is 12.2. The summed E-state index contributed by atoms with van der Waals surface area (Å²) >= 11 is 0. The number of hydrogen-bond acceptors (Lipinski definition) is 10. The first-order valence-corrected chi connectivity index (χ1v) is 13.3. The molecular formula is C31H32N6O4. The van der Waals surface area contributed by atoms with E-state index in [0.29, 0.717) is 23.0 Å². The van der Waals surface area contributed by atoms with Crippen molar-refractivity contribution in [2.75, 3.05) is 56.3 Å². The molecule has 0 bridgehead atoms. The Labute approximate surface area is 238 Å². The van der Waals surface area contributed by atoms with Gasteiger partial charge in [0.1, 0.15) is 12.0 Å². The number of benzene rings is 3. The second-order valence-corrected chi connectivity index (χ2v) is 9.61. The number of ether oxygens (including phenoxy) is 2. The number of methoxy groups -OCH3 is 2. The third-order valence-electron chi connectivity index (χ3n) is 7.11. The molecular weight excluding hydrogens is 520 g/mol. The molecule has 0 atom stereocenters. The minimum Gasteiger partial charge on any atom is -0.465 e. The van der Waals surface area contributed by atoms with E-state index in [9.17, 15) is 9.59 Å². The molecule has 1 saturated heterocycles. The summed E-state index contributed by atoms with van der Waals surface area (Å²) in [6.45, 7) is 3.07. The molecule has 1 fully saturated rings. The predicted octanol–water partition coefficient (Wildman–Crippen LogP) is 4.29. The first-order chi connectivity index (χ1) is 20.0. The van der Waals surface area contributed by atoms with Crippen LogP contribution in [-0.4, -0.2) is 67.2 Å². The first-order valence-electron chi connectivity index (χ1n) is 13.3. The molecule has 10 heteroatoms. The van der Waals surface area contributed by atoms with Gasteiger partial charge in [-0.3, -0.25) is 4.90 Å². The molecule has 0 amide bonds. The summed E-state index contributed by atoms with van der Waals surface area (Å²) in [5.74, 6) is -0.188. The number of esters is 2. The Hall–Kier alpha value is -4.96. The molecule has 4 aromatic rings. The van der Waals surface area contributed by atoms with Gasteiger partial charge in [0, 0.05) is 31.9 Å². The standard InChI is InChI=1S/C31H32N6O4/c1-40-30(38)23-17-24(31(39)41-2)19-25(18-23)35-28-26(32)29(34-20-33-28)37-15-13-36(14-16-37)27(21-9-5-3-6-10-21)22-11-7-4-8-12-22/h3-12,17-20,27H,13-16,32H2,1-2H3,(H,33,34,35). The number of hydrogen-bond donors (Lipinski definition) is 2. The van der Waals surface area contributed by atoms with E-state index < -0.39 is 11.9 Å². The van der Waals surface area contributed by atoms with E-state index in [1.807, 2.05) is 12.1 Å². The van der Waals surface area contributed by atoms with Gasteiger partial charge in [-0.2, -0.15) is 0 Å². The molecule has 1 aliphatic heterocycles. The summed E-state index contributed by atoms with van der Waals surface area (Å²) < 4.78 is 9.67. The molecule has 210 valence electrons. The van der Waals surface area contributed by atoms with Gasteiger partial charge in [-0.25, -0.2) is 19.6 Å². The number of aromatic nitrogens is 2. The molecule has 10 nitrogen and oxygen atoms in total. The highest BCUT2D eigenvalue weighted by Gasteiger charge is 2.28. The largest absolute Gasteiger partial charge is 0.465 e. The molecule has 3 N–H and O–H groups in total. The van der Waals surface area contributed by atoms with Crippen LogP contribution in [0.5, 0.6) is 0 Å². The van der Waals surface area contributed by atoms with Crippen LogP contribution in [0.1, 0.15) is 37.9 Å². The number of nitrogens with two attached hydrogens (primary N) is 1. The molecule has 0 saturated carbocycles. The van der Waals surface area contributed by atoms with Crippen molar-refractivity contribution < 1.29 is 19.1 Å². The molecule has 0 aliphatic carbocycles. The Balaban J connectivity index is 1.36. The lowest BCUT2D eigenvalue weighted by atomic mass is 9.96. The number of piperazine rings is 1. The zero-order valence-corrected chi connectivity index (χ0v) is 23.0. The number of nitrogens with zero attached hydrogens (tertiary/aromatic N) is 4. The average Bonchev–Trinajstić information content (AvgIpc) is 3.02. The van der Waals surface area contributed by atoms with Crippen molar-refractivity contribution in [3.8, 4) is 0 Å². The van der Waals surface area contributed by atoms with Crippen molar-refractivity contribution in [1.29, 1.82) is 0 Å². The van der Waals surface area contributed by atoms with Gasteiger partial charge in [0.05, 0.1) is 31.4 Å². The maximum Gasteiger partial charge on any atom is 0.337 e. The van der Waals surface area contributed by atoms with Crippen molar-refractivity contribution in [1.82, 2.24) is 14.9 Å². The van der Waals surface area contributed by atoms with Crippen molar-refractivity contribution in [3.63, 3.8) is 0 Å². The number of nitrogen functional groups attached to an aromatic ring is 1. The highest BCUT2D eigenvalue weighted by Crippen LogP contribution is 2.33. The number of anilines is 4. The van der Waals surface area contributed by atoms with E-state index >= 15 is 0 Å². The van der Waals surface area contributed by atoms with Crippen molar-refractivity contribution in [2.24, 2.45) is 0 Å². The lowest BCUT2D eigenvalue weighted by molar-refractivity contribution is 0.0599. The van der Waals surface area contributed by atoms with Gasteiger partial charge in [0.15, 0.2) is 11.6 Å². The summed E-state index contributed by atoms with van der Waals surface area (Å²) in [6.07, 6.45) is 1.45. The van der Waals surface area contributed by atoms with Crippen LogP contribution in [0, 0.1) is 0 Å². The van der Waals surface area contributed by atoms with E-state index in [-0.39, 0.29) is 17.2 Å². The smallest absolute Gasteiger partial charge is 0.337 e. The molecule has 2 heterocycles. The molecule has 1 aromatic heterocycles. The Kier molecular flexibility index (Phi) is 8.40. The van der Waals surface area contributed by atoms with E-state index in [0.717, 1.165) is 26.2 Å². The van der Waals surface area contributed by atoms with E-state index in [1.54, 1.807) is 12.1 Å². The highest BCUT2D eigenvalue weighted by atomic mass is 16.5. The lowest BCUT2D eigenvalue weighted by Gasteiger charge is -2.40. The molecule has 5 rings (SSSR count). The molecule has 0 radical (unpaired) electrons. The van der Waals surface area contributed by atoms with Crippen LogP contribution >= 0.6 is 0 Å². The second kappa shape index (κ2) is 12.5. The third-order valence-corrected chi connectivity index (χ3v) is 7.11. The Morgan fingerprint density at radius 1 is 0.805 bits per heavy atom. The van der Waals surface area contributed by atoms with Gasteiger partial charge < -0.3 is 25.4 Å². The summed E-state index contributed by atoms with van der Waals surface area (Å²) in [6, 6.07) is 25.7. The van der Waals surface area contributed by atoms with Crippen molar-refractivity contribution >= 4 is 34.9 Å². The summed E-state index contributed by atoms with van der Waals surface area (Å²) in [4.78, 5) is 37.8. The molecule has 1 aliphatic rings. The normalized spacial score (nSPS) is 13.6. The van der Waals surface area contributed by atoms with Crippen LogP contribution in [-0.2, 0) is 9.47 Å². The molecule has 3 aromatic carbocycles. The van der Waals surface area contributed by atoms with Crippen LogP contribution < -0.4 is 16.0 Å². The van der Waals surface area contributed by atoms with Gasteiger partial charge in [0.25, 0.3) is 0 Å². The summed E-state index contributed by atoms with van der Waals surface area (Å²) in [7, 11) is 2.55. The van der Waals surface area contributed by atoms with E-state index in [4.69, 9.17) is 15.2 Å². The van der Waals surface area contributed by atoms with Crippen LogP contribution in [0.25, 0.3) is 0 Å². The molecule has 41 heavy (non-hydrogen) atoms. The quantitative estimate of drug-likeness (QED) is 0.306. The fourth-order valence-corrected chi connectivity index (χ4v) is 5.12. The van der Waals surface area contributed by atoms with Crippen LogP contribution in [0.3, 0.4) is 0 Å². The van der Waals surface area contributed by atoms with Crippen LogP contribution in [0.4, 0.5) is 23.0 Å². The zero-order valence-electron chi connectivity index (χ0n) is 23.0. The Morgan fingerprint density at radius 3 is 1.85 bits per heavy atom. The average molecular weight is 553 g/mol. The SMILES string of the molecule is COC(=O)c1cc(Nc2ncnc(N3CCN(C(c4ccccc4)c4ccccc4)CC3)c2N)cc(C(=O)OC)c1. The fourth-order valence-electron chi connectivity index (χ4n) is 5.12. The van der Waals surface area contributed by atoms with Gasteiger partial charge in [0.2, 0.25) is 0 Å². The highest BCUT2D eigenvalue weighted by molar-refractivity contribution is 5.97. The molecule has 0 spiro atoms.